The van der Waals surface area contributed by atoms with Gasteiger partial charge in [0, 0.05) is 6.42 Å². The fraction of sp³-hybridized carbons (Fsp3) is 0.818. The van der Waals surface area contributed by atoms with Crippen LogP contribution in [0.1, 0.15) is 81.6 Å². The summed E-state index contributed by atoms with van der Waals surface area (Å²) in [4.78, 5) is 37.8. The first-order valence-electron chi connectivity index (χ1n) is 11.7. The highest BCUT2D eigenvalue weighted by Gasteiger charge is 2.45. The Balaban J connectivity index is 3.57. The summed E-state index contributed by atoms with van der Waals surface area (Å²) in [6.07, 6.45) is -2.85. The van der Waals surface area contributed by atoms with Crippen LogP contribution in [0.3, 0.4) is 0 Å². The number of carbonyl (C=O) groups excluding carboxylic acids is 3. The van der Waals surface area contributed by atoms with Crippen molar-refractivity contribution in [3.8, 4) is 0 Å². The molecule has 1 heterocycles. The van der Waals surface area contributed by atoms with E-state index in [1.807, 2.05) is 0 Å². The minimum atomic E-state index is -4.17. The lowest BCUT2D eigenvalue weighted by atomic mass is 10.1. The molecule has 35 heavy (non-hydrogen) atoms. The number of sulfonamides is 1. The van der Waals surface area contributed by atoms with E-state index in [9.17, 15) is 22.8 Å². The van der Waals surface area contributed by atoms with Crippen molar-refractivity contribution in [1.82, 2.24) is 15.0 Å². The Labute approximate surface area is 208 Å². The Hall–Kier alpha value is -2.57. The van der Waals surface area contributed by atoms with E-state index in [-0.39, 0.29) is 31.6 Å². The van der Waals surface area contributed by atoms with Crippen LogP contribution < -0.4 is 10.6 Å². The predicted octanol–water partition coefficient (Wildman–Crippen LogP) is 2.87. The van der Waals surface area contributed by atoms with E-state index < -0.39 is 56.8 Å². The lowest BCUT2D eigenvalue weighted by Gasteiger charge is -2.40. The second kappa shape index (κ2) is 11.9. The molecular formula is C22H40N4O8S. The van der Waals surface area contributed by atoms with Crippen LogP contribution in [-0.4, -0.2) is 72.0 Å². The van der Waals surface area contributed by atoms with E-state index >= 15 is 0 Å². The maximum absolute atomic E-state index is 13.5. The molecule has 0 aromatic carbocycles. The van der Waals surface area contributed by atoms with Crippen LogP contribution in [0.5, 0.6) is 0 Å². The fourth-order valence-corrected chi connectivity index (χ4v) is 5.16. The normalized spacial score (nSPS) is 19.0. The number of nitrogens with zero attached hydrogens (tertiary/aromatic N) is 2. The molecule has 2 N–H and O–H groups in total. The number of alkyl carbamates (subject to hydrolysis) is 2. The summed E-state index contributed by atoms with van der Waals surface area (Å²) < 4.78 is 43.4. The fourth-order valence-electron chi connectivity index (χ4n) is 3.29. The number of hydrogen-bond acceptors (Lipinski definition) is 9. The molecule has 0 spiro atoms. The quantitative estimate of drug-likeness (QED) is 0.366. The third kappa shape index (κ3) is 9.19. The van der Waals surface area contributed by atoms with Gasteiger partial charge in [0.05, 0.1) is 17.9 Å². The smallest absolute Gasteiger partial charge is 0.409 e. The van der Waals surface area contributed by atoms with Crippen molar-refractivity contribution in [3.05, 3.63) is 0 Å². The molecule has 2 unspecified atom stereocenters. The molecule has 0 fully saturated rings. The van der Waals surface area contributed by atoms with Gasteiger partial charge in [-0.2, -0.15) is 9.52 Å². The number of carbonyl (C=O) groups is 3. The topological polar surface area (TPSA) is 153 Å². The van der Waals surface area contributed by atoms with Crippen LogP contribution in [-0.2, 0) is 29.0 Å². The monoisotopic (exact) mass is 520 g/mol. The third-order valence-corrected chi connectivity index (χ3v) is 7.06. The second-order valence-corrected chi connectivity index (χ2v) is 12.1. The Morgan fingerprint density at radius 3 is 1.89 bits per heavy atom. The summed E-state index contributed by atoms with van der Waals surface area (Å²) in [5, 5.41) is 8.30. The number of rotatable bonds is 8. The second-order valence-electron chi connectivity index (χ2n) is 10.1. The number of amides is 2. The molecule has 0 aliphatic carbocycles. The van der Waals surface area contributed by atoms with Gasteiger partial charge in [-0.05, 0) is 61.3 Å². The number of esters is 1. The molecule has 0 saturated carbocycles. The van der Waals surface area contributed by atoms with Gasteiger partial charge in [0.1, 0.15) is 16.9 Å². The van der Waals surface area contributed by atoms with Gasteiger partial charge in [-0.25, -0.2) is 22.8 Å². The van der Waals surface area contributed by atoms with Crippen molar-refractivity contribution in [2.45, 2.75) is 110 Å². The van der Waals surface area contributed by atoms with E-state index in [1.165, 1.54) is 0 Å². The third-order valence-electron chi connectivity index (χ3n) is 4.72. The molecule has 0 aromatic heterocycles. The average Bonchev–Trinajstić information content (AvgIpc) is 2.66. The molecule has 13 heteroatoms. The van der Waals surface area contributed by atoms with Gasteiger partial charge in [0.25, 0.3) is 10.0 Å². The molecule has 1 aliphatic heterocycles. The van der Waals surface area contributed by atoms with Gasteiger partial charge >= 0.3 is 18.2 Å². The van der Waals surface area contributed by atoms with E-state index in [4.69, 9.17) is 14.2 Å². The van der Waals surface area contributed by atoms with Crippen molar-refractivity contribution in [2.24, 2.45) is 5.10 Å². The minimum absolute atomic E-state index is 0.0426. The van der Waals surface area contributed by atoms with E-state index in [1.54, 1.807) is 62.3 Å². The Kier molecular flexibility index (Phi) is 10.4. The highest BCUT2D eigenvalue weighted by atomic mass is 32.2. The summed E-state index contributed by atoms with van der Waals surface area (Å²) in [5.41, 5.74) is -1.93. The van der Waals surface area contributed by atoms with Crippen LogP contribution in [0, 0.1) is 0 Å². The van der Waals surface area contributed by atoms with Crippen molar-refractivity contribution in [2.75, 3.05) is 6.61 Å². The maximum Gasteiger partial charge on any atom is 0.409 e. The van der Waals surface area contributed by atoms with Gasteiger partial charge in [-0.15, -0.1) is 0 Å². The number of hydrogen-bond donors (Lipinski definition) is 2. The lowest BCUT2D eigenvalue weighted by molar-refractivity contribution is -0.135. The SMILES string of the molecule is CCOC(=O)C1=NN(S(=O)(=O)C(CC)CC)C(NC(=O)OC(C)(C)C)C(NC(=O)OC(C)(C)C)C1. The zero-order valence-corrected chi connectivity index (χ0v) is 22.9. The van der Waals surface area contributed by atoms with Crippen molar-refractivity contribution in [3.63, 3.8) is 0 Å². The first-order chi connectivity index (χ1) is 15.9. The van der Waals surface area contributed by atoms with Crippen LogP contribution >= 0.6 is 0 Å². The molecule has 1 aliphatic rings. The van der Waals surface area contributed by atoms with Crippen molar-refractivity contribution in [1.29, 1.82) is 0 Å². The molecule has 0 aromatic rings. The van der Waals surface area contributed by atoms with Gasteiger partial charge < -0.3 is 19.5 Å². The number of hydrazone groups is 1. The summed E-state index contributed by atoms with van der Waals surface area (Å²) >= 11 is 0. The van der Waals surface area contributed by atoms with E-state index in [0.29, 0.717) is 4.41 Å². The molecule has 2 atom stereocenters. The summed E-state index contributed by atoms with van der Waals surface area (Å²) in [6, 6.07) is -1.11. The lowest BCUT2D eigenvalue weighted by Crippen LogP contribution is -2.64. The molecule has 1 rings (SSSR count). The predicted molar refractivity (Wildman–Crippen MR) is 130 cm³/mol. The summed E-state index contributed by atoms with van der Waals surface area (Å²) in [6.45, 7) is 15.0. The van der Waals surface area contributed by atoms with Crippen LogP contribution in [0.2, 0.25) is 0 Å². The Bertz CT molecular complexity index is 901. The molecule has 0 radical (unpaired) electrons. The van der Waals surface area contributed by atoms with E-state index in [2.05, 4.69) is 15.7 Å². The standard InChI is InChI=1S/C22H40N4O8S/c1-10-14(11-2)35(30,31)26-17(24-20(29)34-22(7,8)9)15(23-19(28)33-21(4,5)6)13-16(25-26)18(27)32-12-3/h14-15,17H,10-13H2,1-9H3,(H,23,28)(H,24,29). The highest BCUT2D eigenvalue weighted by Crippen LogP contribution is 2.25. The van der Waals surface area contributed by atoms with Crippen molar-refractivity contribution >= 4 is 33.9 Å². The largest absolute Gasteiger partial charge is 0.461 e. The maximum atomic E-state index is 13.5. The zero-order valence-electron chi connectivity index (χ0n) is 22.1. The van der Waals surface area contributed by atoms with Gasteiger partial charge in [0.2, 0.25) is 0 Å². The van der Waals surface area contributed by atoms with Gasteiger partial charge in [-0.3, -0.25) is 5.32 Å². The molecule has 12 nitrogen and oxygen atoms in total. The van der Waals surface area contributed by atoms with Gasteiger partial charge in [0.15, 0.2) is 6.17 Å². The molecule has 0 saturated heterocycles. The number of nitrogens with one attached hydrogen (secondary N) is 2. The molecule has 2 amide bonds. The Morgan fingerprint density at radius 2 is 1.46 bits per heavy atom. The van der Waals surface area contributed by atoms with Crippen LogP contribution in [0.15, 0.2) is 5.10 Å². The zero-order chi connectivity index (χ0) is 27.2. The summed E-state index contributed by atoms with van der Waals surface area (Å²) in [7, 11) is -4.17. The van der Waals surface area contributed by atoms with Crippen molar-refractivity contribution < 1.29 is 37.0 Å². The molecule has 202 valence electrons. The molecular weight excluding hydrogens is 480 g/mol. The van der Waals surface area contributed by atoms with Crippen LogP contribution in [0.25, 0.3) is 0 Å². The number of ether oxygens (including phenoxy) is 3. The Morgan fingerprint density at radius 1 is 0.971 bits per heavy atom. The van der Waals surface area contributed by atoms with Crippen LogP contribution in [0.4, 0.5) is 9.59 Å². The first-order valence-corrected chi connectivity index (χ1v) is 13.2. The minimum Gasteiger partial charge on any atom is -0.461 e. The molecule has 0 bridgehead atoms. The van der Waals surface area contributed by atoms with Gasteiger partial charge in [-0.1, -0.05) is 13.8 Å². The highest BCUT2D eigenvalue weighted by molar-refractivity contribution is 7.89. The first kappa shape index (κ1) is 30.5. The van der Waals surface area contributed by atoms with E-state index in [0.717, 1.165) is 0 Å². The summed E-state index contributed by atoms with van der Waals surface area (Å²) in [5.74, 6) is -0.830. The average molecular weight is 521 g/mol.